The topological polar surface area (TPSA) is 9.23 Å². The van der Waals surface area contributed by atoms with Crippen LogP contribution >= 0.6 is 31.9 Å². The van der Waals surface area contributed by atoms with Gasteiger partial charge in [0, 0.05) is 8.95 Å². The van der Waals surface area contributed by atoms with Crippen LogP contribution in [-0.2, 0) is 4.74 Å². The van der Waals surface area contributed by atoms with Crippen molar-refractivity contribution < 1.29 is 4.74 Å². The van der Waals surface area contributed by atoms with E-state index in [2.05, 4.69) is 56.1 Å². The number of benzene rings is 1. The van der Waals surface area contributed by atoms with Crippen molar-refractivity contribution in [3.63, 3.8) is 0 Å². The Hall–Kier alpha value is -0.120. The van der Waals surface area contributed by atoms with Gasteiger partial charge in [-0.2, -0.15) is 0 Å². The van der Waals surface area contributed by atoms with Crippen molar-refractivity contribution in [1.82, 2.24) is 0 Å². The van der Waals surface area contributed by atoms with E-state index in [-0.39, 0.29) is 12.2 Å². The fourth-order valence-electron chi connectivity index (χ4n) is 1.87. The third kappa shape index (κ3) is 1.07. The monoisotopic (exact) mass is 300 g/mol. The molecule has 0 N–H and O–H groups in total. The van der Waals surface area contributed by atoms with Crippen LogP contribution in [0.2, 0.25) is 0 Å². The summed E-state index contributed by atoms with van der Waals surface area (Å²) in [5.74, 6) is 0. The lowest BCUT2D eigenvalue weighted by atomic mass is 9.97. The molecule has 2 aliphatic heterocycles. The van der Waals surface area contributed by atoms with Crippen molar-refractivity contribution in [2.24, 2.45) is 0 Å². The van der Waals surface area contributed by atoms with E-state index in [1.807, 2.05) is 0 Å². The summed E-state index contributed by atoms with van der Waals surface area (Å²) in [6, 6.07) is 4.27. The summed E-state index contributed by atoms with van der Waals surface area (Å²) in [7, 11) is 0. The molecule has 0 spiro atoms. The average Bonchev–Trinajstić information content (AvgIpc) is 2.67. The van der Waals surface area contributed by atoms with Crippen LogP contribution in [0.5, 0.6) is 0 Å². The number of halogens is 2. The molecule has 0 radical (unpaired) electrons. The van der Waals surface area contributed by atoms with Crippen LogP contribution in [0.15, 0.2) is 33.2 Å². The smallest absolute Gasteiger partial charge is 0.102 e. The number of hydrogen-bond donors (Lipinski definition) is 0. The molecule has 2 bridgehead atoms. The van der Waals surface area contributed by atoms with Crippen LogP contribution in [0.25, 0.3) is 0 Å². The van der Waals surface area contributed by atoms with Crippen LogP contribution in [0.1, 0.15) is 23.3 Å². The first kappa shape index (κ1) is 8.21. The molecule has 0 saturated carbocycles. The Morgan fingerprint density at radius 1 is 0.923 bits per heavy atom. The van der Waals surface area contributed by atoms with Crippen molar-refractivity contribution in [3.8, 4) is 0 Å². The highest BCUT2D eigenvalue weighted by molar-refractivity contribution is 9.13. The van der Waals surface area contributed by atoms with Gasteiger partial charge in [-0.25, -0.2) is 0 Å². The number of fused-ring (bicyclic) bond motifs is 5. The van der Waals surface area contributed by atoms with E-state index < -0.39 is 0 Å². The van der Waals surface area contributed by atoms with Gasteiger partial charge in [0.05, 0.1) is 0 Å². The van der Waals surface area contributed by atoms with E-state index in [9.17, 15) is 0 Å². The fraction of sp³-hybridized carbons (Fsp3) is 0.200. The molecule has 3 heteroatoms. The standard InChI is InChI=1S/C10H6Br2O/c11-7-3-5-6(4-8(7)12)10-2-1-9(5)13-10/h1-4,9-10H/t9-,10+. The summed E-state index contributed by atoms with van der Waals surface area (Å²) in [6.45, 7) is 0. The van der Waals surface area contributed by atoms with Crippen molar-refractivity contribution >= 4 is 31.9 Å². The molecule has 2 heterocycles. The molecular weight excluding hydrogens is 296 g/mol. The highest BCUT2D eigenvalue weighted by Gasteiger charge is 2.33. The molecule has 0 aliphatic carbocycles. The summed E-state index contributed by atoms with van der Waals surface area (Å²) in [5, 5.41) is 0. The van der Waals surface area contributed by atoms with Crippen molar-refractivity contribution in [2.75, 3.05) is 0 Å². The van der Waals surface area contributed by atoms with Gasteiger partial charge in [-0.3, -0.25) is 0 Å². The van der Waals surface area contributed by atoms with Gasteiger partial charge in [0.15, 0.2) is 0 Å². The fourth-order valence-corrected chi connectivity index (χ4v) is 2.60. The van der Waals surface area contributed by atoms with Crippen LogP contribution in [0, 0.1) is 0 Å². The second kappa shape index (κ2) is 2.69. The summed E-state index contributed by atoms with van der Waals surface area (Å²) in [4.78, 5) is 0. The van der Waals surface area contributed by atoms with Gasteiger partial charge in [-0.05, 0) is 55.1 Å². The van der Waals surface area contributed by atoms with E-state index in [4.69, 9.17) is 4.74 Å². The summed E-state index contributed by atoms with van der Waals surface area (Å²) in [5.41, 5.74) is 2.59. The van der Waals surface area contributed by atoms with E-state index in [0.717, 1.165) is 8.95 Å². The molecule has 0 aromatic heterocycles. The molecule has 0 saturated heterocycles. The highest BCUT2D eigenvalue weighted by atomic mass is 79.9. The first-order valence-electron chi connectivity index (χ1n) is 4.08. The molecular formula is C10H6Br2O. The summed E-state index contributed by atoms with van der Waals surface area (Å²) in [6.07, 6.45) is 4.61. The van der Waals surface area contributed by atoms with Gasteiger partial charge in [0.25, 0.3) is 0 Å². The second-order valence-corrected chi connectivity index (χ2v) is 4.97. The van der Waals surface area contributed by atoms with Gasteiger partial charge in [0.1, 0.15) is 12.2 Å². The minimum Gasteiger partial charge on any atom is -0.357 e. The quantitative estimate of drug-likeness (QED) is 0.661. The normalized spacial score (nSPS) is 28.2. The zero-order chi connectivity index (χ0) is 9.00. The molecule has 2 aliphatic rings. The lowest BCUT2D eigenvalue weighted by molar-refractivity contribution is 0.0878. The molecule has 66 valence electrons. The molecule has 1 aromatic rings. The van der Waals surface area contributed by atoms with Gasteiger partial charge in [-0.1, -0.05) is 12.2 Å². The van der Waals surface area contributed by atoms with Gasteiger partial charge in [-0.15, -0.1) is 0 Å². The van der Waals surface area contributed by atoms with Crippen LogP contribution < -0.4 is 0 Å². The van der Waals surface area contributed by atoms with Crippen LogP contribution in [-0.4, -0.2) is 0 Å². The first-order chi connectivity index (χ1) is 6.25. The minimum absolute atomic E-state index is 0.185. The zero-order valence-corrected chi connectivity index (χ0v) is 9.80. The SMILES string of the molecule is Brc1cc2c(cc1Br)[C@H]1C=C[C@@H]2O1. The molecule has 2 atom stereocenters. The highest BCUT2D eigenvalue weighted by Crippen LogP contribution is 2.47. The Bertz CT molecular complexity index is 375. The molecule has 3 rings (SSSR count). The molecule has 1 aromatic carbocycles. The van der Waals surface area contributed by atoms with E-state index in [1.54, 1.807) is 0 Å². The minimum atomic E-state index is 0.185. The summed E-state index contributed by atoms with van der Waals surface area (Å²) < 4.78 is 7.89. The average molecular weight is 302 g/mol. The molecule has 0 fully saturated rings. The molecule has 13 heavy (non-hydrogen) atoms. The Morgan fingerprint density at radius 3 is 1.85 bits per heavy atom. The Labute approximate surface area is 93.0 Å². The Kier molecular flexibility index (Phi) is 1.70. The predicted molar refractivity (Wildman–Crippen MR) is 57.5 cm³/mol. The third-order valence-electron chi connectivity index (χ3n) is 2.49. The first-order valence-corrected chi connectivity index (χ1v) is 5.67. The molecule has 0 amide bonds. The number of hydrogen-bond acceptors (Lipinski definition) is 1. The zero-order valence-electron chi connectivity index (χ0n) is 6.63. The number of ether oxygens (including phenoxy) is 1. The Balaban J connectivity index is 2.25. The van der Waals surface area contributed by atoms with Crippen molar-refractivity contribution in [2.45, 2.75) is 12.2 Å². The maximum Gasteiger partial charge on any atom is 0.102 e. The van der Waals surface area contributed by atoms with E-state index in [0.29, 0.717) is 0 Å². The third-order valence-corrected chi connectivity index (χ3v) is 4.34. The van der Waals surface area contributed by atoms with E-state index >= 15 is 0 Å². The summed E-state index contributed by atoms with van der Waals surface area (Å²) >= 11 is 6.99. The maximum atomic E-state index is 5.70. The van der Waals surface area contributed by atoms with E-state index in [1.165, 1.54) is 11.1 Å². The number of rotatable bonds is 0. The predicted octanol–water partition coefficient (Wildman–Crippen LogP) is 3.89. The lowest BCUT2D eigenvalue weighted by Crippen LogP contribution is -1.92. The van der Waals surface area contributed by atoms with Crippen LogP contribution in [0.3, 0.4) is 0 Å². The van der Waals surface area contributed by atoms with Gasteiger partial charge in [0.2, 0.25) is 0 Å². The lowest BCUT2D eigenvalue weighted by Gasteiger charge is -2.08. The van der Waals surface area contributed by atoms with Crippen LogP contribution in [0.4, 0.5) is 0 Å². The van der Waals surface area contributed by atoms with Gasteiger partial charge < -0.3 is 4.74 Å². The molecule has 1 nitrogen and oxygen atoms in total. The van der Waals surface area contributed by atoms with Crippen molar-refractivity contribution in [1.29, 1.82) is 0 Å². The largest absolute Gasteiger partial charge is 0.357 e. The maximum absolute atomic E-state index is 5.70. The second-order valence-electron chi connectivity index (χ2n) is 3.26. The van der Waals surface area contributed by atoms with Crippen molar-refractivity contribution in [3.05, 3.63) is 44.4 Å². The Morgan fingerprint density at radius 2 is 1.38 bits per heavy atom. The van der Waals surface area contributed by atoms with Gasteiger partial charge >= 0.3 is 0 Å². The molecule has 0 unspecified atom stereocenters.